The lowest BCUT2D eigenvalue weighted by atomic mass is 10.0. The lowest BCUT2D eigenvalue weighted by Crippen LogP contribution is -2.54. The monoisotopic (exact) mass is 433 g/mol. The summed E-state index contributed by atoms with van der Waals surface area (Å²) >= 11 is 0. The normalized spacial score (nSPS) is 17.8. The zero-order valence-electron chi connectivity index (χ0n) is 15.7. The highest BCUT2D eigenvalue weighted by atomic mass is 35.5. The second kappa shape index (κ2) is 12.0. The van der Waals surface area contributed by atoms with Crippen LogP contribution in [-0.2, 0) is 4.79 Å². The minimum atomic E-state index is -0.944. The van der Waals surface area contributed by atoms with Crippen molar-refractivity contribution < 1.29 is 14.7 Å². The molecule has 2 fully saturated rings. The van der Waals surface area contributed by atoms with Crippen LogP contribution in [0, 0.1) is 0 Å². The minimum Gasteiger partial charge on any atom is -0.480 e. The number of rotatable bonds is 5. The Kier molecular flexibility index (Phi) is 10.4. The van der Waals surface area contributed by atoms with Gasteiger partial charge in [0, 0.05) is 32.2 Å². The van der Waals surface area contributed by atoms with Crippen molar-refractivity contribution in [2.24, 2.45) is 0 Å². The van der Waals surface area contributed by atoms with Gasteiger partial charge in [0.25, 0.3) is 0 Å². The van der Waals surface area contributed by atoms with Crippen molar-refractivity contribution in [1.82, 2.24) is 15.1 Å². The van der Waals surface area contributed by atoms with Gasteiger partial charge in [0.05, 0.1) is 11.4 Å². The van der Waals surface area contributed by atoms with E-state index in [1.807, 2.05) is 11.0 Å². The van der Waals surface area contributed by atoms with Gasteiger partial charge in [0.2, 0.25) is 0 Å². The maximum Gasteiger partial charge on any atom is 0.322 e. The first-order valence-corrected chi connectivity index (χ1v) is 9.19. The summed E-state index contributed by atoms with van der Waals surface area (Å²) in [4.78, 5) is 27.6. The number of aliphatic carboxylic acids is 1. The van der Waals surface area contributed by atoms with Crippen LogP contribution < -0.4 is 16.0 Å². The van der Waals surface area contributed by atoms with Crippen LogP contribution in [0.4, 0.5) is 16.2 Å². The number of amides is 2. The van der Waals surface area contributed by atoms with Gasteiger partial charge in [0.1, 0.15) is 6.54 Å². The van der Waals surface area contributed by atoms with Crippen LogP contribution in [-0.4, -0.2) is 78.8 Å². The predicted molar refractivity (Wildman–Crippen MR) is 115 cm³/mol. The Morgan fingerprint density at radius 3 is 2.25 bits per heavy atom. The fraction of sp³-hybridized carbons (Fsp3) is 0.556. The SMILES string of the molecule is Cl.Cl.O=C(O)CNc1ccccc1NC(=O)N1CCN(C2CCNCC2)CC1. The molecule has 2 heterocycles. The number of urea groups is 1. The van der Waals surface area contributed by atoms with E-state index in [1.54, 1.807) is 18.2 Å². The number of anilines is 2. The number of carboxylic acids is 1. The third-order valence-corrected chi connectivity index (χ3v) is 5.03. The number of piperazine rings is 1. The molecule has 0 atom stereocenters. The summed E-state index contributed by atoms with van der Waals surface area (Å²) in [5.74, 6) is -0.944. The number of halogens is 2. The molecular weight excluding hydrogens is 405 g/mol. The largest absolute Gasteiger partial charge is 0.480 e. The van der Waals surface area contributed by atoms with Crippen molar-refractivity contribution in [2.45, 2.75) is 18.9 Å². The van der Waals surface area contributed by atoms with Crippen LogP contribution in [0.1, 0.15) is 12.8 Å². The van der Waals surface area contributed by atoms with Crippen molar-refractivity contribution in [3.05, 3.63) is 24.3 Å². The Labute approximate surface area is 177 Å². The molecule has 2 saturated heterocycles. The maximum absolute atomic E-state index is 12.6. The minimum absolute atomic E-state index is 0. The van der Waals surface area contributed by atoms with Gasteiger partial charge in [-0.15, -0.1) is 24.8 Å². The van der Waals surface area contributed by atoms with Gasteiger partial charge in [-0.25, -0.2) is 4.79 Å². The number of carboxylic acid groups (broad SMARTS) is 1. The fourth-order valence-corrected chi connectivity index (χ4v) is 3.57. The van der Waals surface area contributed by atoms with Crippen LogP contribution in [0.15, 0.2) is 24.3 Å². The molecule has 0 aromatic heterocycles. The van der Waals surface area contributed by atoms with E-state index in [9.17, 15) is 9.59 Å². The number of nitrogens with one attached hydrogen (secondary N) is 3. The number of piperidine rings is 1. The number of benzene rings is 1. The van der Waals surface area contributed by atoms with E-state index in [2.05, 4.69) is 20.9 Å². The molecule has 28 heavy (non-hydrogen) atoms. The van der Waals surface area contributed by atoms with Gasteiger partial charge in [0.15, 0.2) is 0 Å². The summed E-state index contributed by atoms with van der Waals surface area (Å²) in [5.41, 5.74) is 1.20. The highest BCUT2D eigenvalue weighted by Gasteiger charge is 2.27. The number of hydrogen-bond acceptors (Lipinski definition) is 5. The number of carbonyl (C=O) groups excluding carboxylic acids is 1. The average Bonchev–Trinajstić information content (AvgIpc) is 2.68. The van der Waals surface area contributed by atoms with Gasteiger partial charge >= 0.3 is 12.0 Å². The van der Waals surface area contributed by atoms with Crippen molar-refractivity contribution in [3.8, 4) is 0 Å². The standard InChI is InChI=1S/C18H27N5O3.2ClH/c24-17(25)13-20-15-3-1-2-4-16(15)21-18(26)23-11-9-22(10-12-23)14-5-7-19-8-6-14;;/h1-4,14,19-20H,5-13H2,(H,21,26)(H,24,25);2*1H. The van der Waals surface area contributed by atoms with Crippen molar-refractivity contribution >= 4 is 48.2 Å². The van der Waals surface area contributed by atoms with Crippen molar-refractivity contribution in [3.63, 3.8) is 0 Å². The van der Waals surface area contributed by atoms with Crippen molar-refractivity contribution in [2.75, 3.05) is 56.4 Å². The molecule has 0 bridgehead atoms. The quantitative estimate of drug-likeness (QED) is 0.566. The number of para-hydroxylation sites is 2. The Hall–Kier alpha value is -1.74. The van der Waals surface area contributed by atoms with E-state index >= 15 is 0 Å². The topological polar surface area (TPSA) is 96.9 Å². The lowest BCUT2D eigenvalue weighted by molar-refractivity contribution is -0.134. The molecule has 1 aromatic rings. The molecule has 0 radical (unpaired) electrons. The summed E-state index contributed by atoms with van der Waals surface area (Å²) in [7, 11) is 0. The molecule has 10 heteroatoms. The Morgan fingerprint density at radius 1 is 1.04 bits per heavy atom. The van der Waals surface area contributed by atoms with Gasteiger partial charge in [-0.1, -0.05) is 12.1 Å². The number of nitrogens with zero attached hydrogens (tertiary/aromatic N) is 2. The average molecular weight is 434 g/mol. The van der Waals surface area contributed by atoms with Crippen LogP contribution in [0.5, 0.6) is 0 Å². The summed E-state index contributed by atoms with van der Waals surface area (Å²) in [6.45, 7) is 5.17. The van der Waals surface area contributed by atoms with E-state index in [4.69, 9.17) is 5.11 Å². The van der Waals surface area contributed by atoms with Gasteiger partial charge in [-0.2, -0.15) is 0 Å². The summed E-state index contributed by atoms with van der Waals surface area (Å²) in [6.07, 6.45) is 2.35. The zero-order chi connectivity index (χ0) is 18.4. The molecule has 0 aliphatic carbocycles. The molecule has 8 nitrogen and oxygen atoms in total. The zero-order valence-corrected chi connectivity index (χ0v) is 17.4. The number of hydrogen-bond donors (Lipinski definition) is 4. The molecule has 4 N–H and O–H groups in total. The summed E-state index contributed by atoms with van der Waals surface area (Å²) < 4.78 is 0. The lowest BCUT2D eigenvalue weighted by Gasteiger charge is -2.40. The summed E-state index contributed by atoms with van der Waals surface area (Å²) in [6, 6.07) is 7.64. The molecule has 158 valence electrons. The van der Waals surface area contributed by atoms with Gasteiger partial charge < -0.3 is 26.0 Å². The fourth-order valence-electron chi connectivity index (χ4n) is 3.57. The van der Waals surface area contributed by atoms with Gasteiger partial charge in [-0.3, -0.25) is 9.69 Å². The highest BCUT2D eigenvalue weighted by Crippen LogP contribution is 2.22. The Bertz CT molecular complexity index is 635. The smallest absolute Gasteiger partial charge is 0.322 e. The molecule has 2 aliphatic heterocycles. The van der Waals surface area contributed by atoms with E-state index in [-0.39, 0.29) is 37.4 Å². The maximum atomic E-state index is 12.6. The molecule has 2 aliphatic rings. The first-order valence-electron chi connectivity index (χ1n) is 9.19. The van der Waals surface area contributed by atoms with Crippen LogP contribution in [0.25, 0.3) is 0 Å². The van der Waals surface area contributed by atoms with Crippen LogP contribution >= 0.6 is 24.8 Å². The highest BCUT2D eigenvalue weighted by molar-refractivity contribution is 5.93. The van der Waals surface area contributed by atoms with Crippen LogP contribution in [0.2, 0.25) is 0 Å². The van der Waals surface area contributed by atoms with E-state index in [0.717, 1.165) is 26.2 Å². The van der Waals surface area contributed by atoms with E-state index in [0.29, 0.717) is 30.5 Å². The predicted octanol–water partition coefficient (Wildman–Crippen LogP) is 1.93. The molecule has 1 aromatic carbocycles. The van der Waals surface area contributed by atoms with Crippen LogP contribution in [0.3, 0.4) is 0 Å². The second-order valence-corrected chi connectivity index (χ2v) is 6.73. The second-order valence-electron chi connectivity index (χ2n) is 6.73. The van der Waals surface area contributed by atoms with E-state index in [1.165, 1.54) is 12.8 Å². The van der Waals surface area contributed by atoms with Gasteiger partial charge in [-0.05, 0) is 38.1 Å². The third kappa shape index (κ3) is 6.70. The molecule has 0 unspecified atom stereocenters. The first kappa shape index (κ1) is 24.3. The Morgan fingerprint density at radius 2 is 1.64 bits per heavy atom. The number of carbonyl (C=O) groups is 2. The molecule has 3 rings (SSSR count). The van der Waals surface area contributed by atoms with E-state index < -0.39 is 5.97 Å². The van der Waals surface area contributed by atoms with Crippen molar-refractivity contribution in [1.29, 1.82) is 0 Å². The summed E-state index contributed by atoms with van der Waals surface area (Å²) in [5, 5.41) is 17.9. The molecular formula is C18H29Cl2N5O3. The molecule has 0 spiro atoms. The molecule has 0 saturated carbocycles. The molecule has 2 amide bonds. The third-order valence-electron chi connectivity index (χ3n) is 5.03. The Balaban J connectivity index is 0.00000196. The first-order chi connectivity index (χ1) is 12.6.